The van der Waals surface area contributed by atoms with Crippen LogP contribution in [0.3, 0.4) is 0 Å². The number of ether oxygens (including phenoxy) is 2. The molecule has 0 spiro atoms. The lowest BCUT2D eigenvalue weighted by Crippen LogP contribution is -2.62. The molecule has 16 nitrogen and oxygen atoms in total. The van der Waals surface area contributed by atoms with Crippen molar-refractivity contribution in [3.8, 4) is 34.2 Å². The summed E-state index contributed by atoms with van der Waals surface area (Å²) < 4.78 is 13.9. The molecule has 2 N–H and O–H groups in total. The van der Waals surface area contributed by atoms with E-state index in [2.05, 4.69) is 47.0 Å². The third kappa shape index (κ3) is 11.3. The number of pyridine rings is 2. The summed E-state index contributed by atoms with van der Waals surface area (Å²) in [6.07, 6.45) is 5.57. The smallest absolute Gasteiger partial charge is 0.324 e. The first kappa shape index (κ1) is 50.7. The number of likely N-dealkylation sites (N-methyl/N-ethyl adjacent to an activating group) is 1. The Hall–Kier alpha value is -6.15. The van der Waals surface area contributed by atoms with Crippen molar-refractivity contribution >= 4 is 35.2 Å². The van der Waals surface area contributed by atoms with Crippen molar-refractivity contribution in [1.82, 2.24) is 44.8 Å². The number of rotatable bonds is 9. The van der Waals surface area contributed by atoms with E-state index in [9.17, 15) is 24.0 Å². The number of benzene rings is 1. The Labute approximate surface area is 406 Å². The number of aromatic nitrogens is 3. The van der Waals surface area contributed by atoms with Crippen LogP contribution in [0.15, 0.2) is 60.9 Å². The molecule has 0 aliphatic carbocycles. The quantitative estimate of drug-likeness (QED) is 0.169. The minimum Gasteiger partial charge on any atom is -0.464 e. The highest BCUT2D eigenvalue weighted by molar-refractivity contribution is 5.96. The summed E-state index contributed by atoms with van der Waals surface area (Å²) >= 11 is 0. The van der Waals surface area contributed by atoms with E-state index in [0.29, 0.717) is 38.8 Å². The Morgan fingerprint density at radius 3 is 2.51 bits per heavy atom. The fourth-order valence-corrected chi connectivity index (χ4v) is 9.34. The van der Waals surface area contributed by atoms with Gasteiger partial charge < -0.3 is 29.0 Å². The fraction of sp³-hybridized carbons (Fsp3) is 0.528. The van der Waals surface area contributed by atoms with Gasteiger partial charge in [-0.05, 0) is 113 Å². The fourth-order valence-electron chi connectivity index (χ4n) is 9.34. The van der Waals surface area contributed by atoms with Gasteiger partial charge in [-0.2, -0.15) is 0 Å². The number of fused-ring (bicyclic) bond motifs is 6. The second kappa shape index (κ2) is 20.8. The van der Waals surface area contributed by atoms with E-state index in [-0.39, 0.29) is 43.4 Å². The number of methoxy groups -OCH3 is 1. The molecule has 6 heterocycles. The molecule has 1 unspecified atom stereocenters. The summed E-state index contributed by atoms with van der Waals surface area (Å²) in [6.45, 7) is 14.6. The van der Waals surface area contributed by atoms with Crippen molar-refractivity contribution in [1.29, 1.82) is 0 Å². The summed E-state index contributed by atoms with van der Waals surface area (Å²) in [4.78, 5) is 85.3. The largest absolute Gasteiger partial charge is 0.464 e. The molecule has 2 saturated heterocycles. The standard InChI is InChI=1S/C53H69N9O7/c1-33(2)47(59(10)49(65)38-22-26-60(30-38)44(63)21-23-53(6,7)58(8)9)48(64)55-41-28-35-15-12-16-36(27-35)37-19-20-43-56-46(39-17-13-24-54-45(39)34(3)68-11)42(61(43)31-37)29-52(4,5)32-69-51(67)40-18-14-25-62(57-40)50(41)66/h12-13,15-17,19-20,24,27,31,33-34,38,40-41,47,57H,14,18,22,25-26,28-30,32H2,1-11H3,(H,55,64)/t34-,38-,40-,41-,47?/m0/s1. The number of esters is 1. The van der Waals surface area contributed by atoms with Crippen LogP contribution in [-0.4, -0.2) is 142 Å². The van der Waals surface area contributed by atoms with E-state index in [1.54, 1.807) is 25.3 Å². The van der Waals surface area contributed by atoms with Gasteiger partial charge in [-0.3, -0.25) is 38.9 Å². The predicted molar refractivity (Wildman–Crippen MR) is 263 cm³/mol. The van der Waals surface area contributed by atoms with Crippen LogP contribution in [-0.2, 0) is 46.3 Å². The van der Waals surface area contributed by atoms with Gasteiger partial charge >= 0.3 is 5.97 Å². The number of imidazole rings is 1. The van der Waals surface area contributed by atoms with E-state index in [1.807, 2.05) is 102 Å². The summed E-state index contributed by atoms with van der Waals surface area (Å²) in [6, 6.07) is 13.0. The molecule has 16 heteroatoms. The first-order valence-corrected chi connectivity index (χ1v) is 24.1. The normalized spacial score (nSPS) is 20.7. The van der Waals surface area contributed by atoms with Gasteiger partial charge in [0.15, 0.2) is 0 Å². The highest BCUT2D eigenvalue weighted by Crippen LogP contribution is 2.36. The molecule has 3 aliphatic heterocycles. The number of carbonyl (C=O) groups excluding carboxylic acids is 5. The van der Waals surface area contributed by atoms with Crippen LogP contribution >= 0.6 is 0 Å². The van der Waals surface area contributed by atoms with E-state index in [0.717, 1.165) is 45.0 Å². The average molecular weight is 944 g/mol. The minimum absolute atomic E-state index is 0.0979. The number of carbonyl (C=O) groups is 5. The lowest BCUT2D eigenvalue weighted by atomic mass is 9.87. The number of likely N-dealkylation sites (tertiary alicyclic amines) is 1. The molecule has 5 atom stereocenters. The Balaban J connectivity index is 1.21. The molecule has 4 aromatic rings. The molecule has 3 aliphatic rings. The van der Waals surface area contributed by atoms with E-state index in [4.69, 9.17) is 19.4 Å². The Morgan fingerprint density at radius 2 is 1.78 bits per heavy atom. The summed E-state index contributed by atoms with van der Waals surface area (Å²) in [5, 5.41) is 4.49. The SMILES string of the molecule is CO[C@@H](C)c1ncccc1-c1nc2ccc3cn2c1CC(C)(C)COC(=O)[C@@H]1CCCN(N1)C(=O)[C@@H](NC(=O)C(C(C)C)N(C)C(=O)[C@H]1CCN(C(=O)C#CC(C)(C)N(C)C)C1)Cc1cccc-3c1. The van der Waals surface area contributed by atoms with Gasteiger partial charge in [0.2, 0.25) is 11.8 Å². The van der Waals surface area contributed by atoms with Crippen molar-refractivity contribution in [3.63, 3.8) is 0 Å². The third-order valence-corrected chi connectivity index (χ3v) is 13.9. The average Bonchev–Trinajstić information content (AvgIpc) is 3.96. The van der Waals surface area contributed by atoms with Crippen LogP contribution < -0.4 is 10.7 Å². The molecular formula is C53H69N9O7. The monoisotopic (exact) mass is 944 g/mol. The van der Waals surface area contributed by atoms with Crippen LogP contribution in [0.2, 0.25) is 0 Å². The van der Waals surface area contributed by atoms with Crippen LogP contribution in [0, 0.1) is 29.1 Å². The van der Waals surface area contributed by atoms with Crippen molar-refractivity contribution in [2.24, 2.45) is 17.3 Å². The number of hydrazine groups is 1. The zero-order chi connectivity index (χ0) is 49.9. The number of cyclic esters (lactones) is 1. The molecule has 7 rings (SSSR count). The maximum Gasteiger partial charge on any atom is 0.324 e. The Morgan fingerprint density at radius 1 is 1.01 bits per heavy atom. The molecule has 6 bridgehead atoms. The predicted octanol–water partition coefficient (Wildman–Crippen LogP) is 5.09. The van der Waals surface area contributed by atoms with Gasteiger partial charge in [-0.25, -0.2) is 10.4 Å². The summed E-state index contributed by atoms with van der Waals surface area (Å²) in [5.41, 5.74) is 8.72. The highest BCUT2D eigenvalue weighted by Gasteiger charge is 2.40. The Bertz CT molecular complexity index is 2650. The molecule has 0 radical (unpaired) electrons. The van der Waals surface area contributed by atoms with Gasteiger partial charge in [-0.15, -0.1) is 0 Å². The second-order valence-corrected chi connectivity index (χ2v) is 20.7. The molecule has 2 fully saturated rings. The molecule has 69 heavy (non-hydrogen) atoms. The zero-order valence-corrected chi connectivity index (χ0v) is 42.1. The lowest BCUT2D eigenvalue weighted by Gasteiger charge is -2.37. The lowest BCUT2D eigenvalue weighted by molar-refractivity contribution is -0.155. The van der Waals surface area contributed by atoms with Gasteiger partial charge in [0, 0.05) is 63.6 Å². The van der Waals surface area contributed by atoms with Gasteiger partial charge in [-0.1, -0.05) is 57.9 Å². The van der Waals surface area contributed by atoms with Gasteiger partial charge in [0.1, 0.15) is 23.8 Å². The number of amides is 4. The second-order valence-electron chi connectivity index (χ2n) is 20.7. The number of hydrogen-bond acceptors (Lipinski definition) is 11. The topological polar surface area (TPSA) is 171 Å². The van der Waals surface area contributed by atoms with Crippen LogP contribution in [0.25, 0.3) is 28.0 Å². The maximum absolute atomic E-state index is 14.7. The number of nitrogens with zero attached hydrogens (tertiary/aromatic N) is 7. The molecular weight excluding hydrogens is 875 g/mol. The van der Waals surface area contributed by atoms with Gasteiger partial charge in [0.25, 0.3) is 11.8 Å². The van der Waals surface area contributed by atoms with Gasteiger partial charge in [0.05, 0.1) is 41.2 Å². The van der Waals surface area contributed by atoms with E-state index >= 15 is 0 Å². The van der Waals surface area contributed by atoms with Crippen molar-refractivity contribution in [2.75, 3.05) is 54.5 Å². The van der Waals surface area contributed by atoms with E-state index < -0.39 is 52.8 Å². The molecule has 368 valence electrons. The number of hydrogen-bond donors (Lipinski definition) is 2. The van der Waals surface area contributed by atoms with Crippen LogP contribution in [0.1, 0.15) is 90.8 Å². The van der Waals surface area contributed by atoms with Crippen molar-refractivity contribution in [2.45, 2.75) is 110 Å². The molecule has 0 saturated carbocycles. The van der Waals surface area contributed by atoms with Crippen molar-refractivity contribution in [3.05, 3.63) is 77.9 Å². The summed E-state index contributed by atoms with van der Waals surface area (Å²) in [7, 11) is 7.06. The molecule has 1 aromatic carbocycles. The zero-order valence-electron chi connectivity index (χ0n) is 42.1. The highest BCUT2D eigenvalue weighted by atomic mass is 16.5. The molecule has 3 aromatic heterocycles. The maximum atomic E-state index is 14.7. The van der Waals surface area contributed by atoms with Crippen molar-refractivity contribution < 1.29 is 33.4 Å². The van der Waals surface area contributed by atoms with E-state index in [1.165, 1.54) is 9.91 Å². The first-order valence-electron chi connectivity index (χ1n) is 24.1. The first-order chi connectivity index (χ1) is 32.7. The minimum atomic E-state index is -1.07. The summed E-state index contributed by atoms with van der Waals surface area (Å²) in [5.74, 6) is 2.97. The Kier molecular flexibility index (Phi) is 15.3. The van der Waals surface area contributed by atoms with Crippen LogP contribution in [0.4, 0.5) is 0 Å². The molecule has 4 amide bonds. The third-order valence-electron chi connectivity index (χ3n) is 13.9. The number of nitrogens with one attached hydrogen (secondary N) is 2. The van der Waals surface area contributed by atoms with Crippen LogP contribution in [0.5, 0.6) is 0 Å².